The van der Waals surface area contributed by atoms with E-state index in [-0.39, 0.29) is 5.69 Å². The third-order valence-corrected chi connectivity index (χ3v) is 1.26. The normalized spacial score (nSPS) is 9.64. The minimum atomic E-state index is -0.454. The van der Waals surface area contributed by atoms with Gasteiger partial charge in [0.15, 0.2) is 5.69 Å². The fraction of sp³-hybridized carbons (Fsp3) is 0.500. The molecule has 0 aromatic carbocycles. The van der Waals surface area contributed by atoms with E-state index >= 15 is 0 Å². The van der Waals surface area contributed by atoms with Crippen LogP contribution in [0.3, 0.4) is 0 Å². The Kier molecular flexibility index (Phi) is 2.20. The van der Waals surface area contributed by atoms with E-state index in [9.17, 15) is 4.79 Å². The van der Waals surface area contributed by atoms with Gasteiger partial charge in [0.2, 0.25) is 0 Å². The second kappa shape index (κ2) is 3.14. The van der Waals surface area contributed by atoms with Crippen molar-refractivity contribution in [3.8, 4) is 0 Å². The quantitative estimate of drug-likeness (QED) is 0.568. The molecule has 0 fully saturated rings. The van der Waals surface area contributed by atoms with Gasteiger partial charge in [-0.2, -0.15) is 0 Å². The van der Waals surface area contributed by atoms with Gasteiger partial charge in [-0.15, -0.1) is 5.10 Å². The van der Waals surface area contributed by atoms with Gasteiger partial charge >= 0.3 is 5.97 Å². The zero-order valence-corrected chi connectivity index (χ0v) is 6.44. The van der Waals surface area contributed by atoms with E-state index in [1.165, 1.54) is 7.11 Å². The lowest BCUT2D eigenvalue weighted by Gasteiger charge is -1.90. The Hall–Kier alpha value is -1.39. The van der Waals surface area contributed by atoms with Crippen molar-refractivity contribution >= 4 is 5.97 Å². The molecule has 0 aliphatic carbocycles. The molecule has 0 N–H and O–H groups in total. The first-order valence-corrected chi connectivity index (χ1v) is 3.26. The molecule has 0 aliphatic rings. The number of methoxy groups -OCH3 is 1. The van der Waals surface area contributed by atoms with Crippen LogP contribution < -0.4 is 0 Å². The smallest absolute Gasteiger partial charge is 0.360 e. The Morgan fingerprint density at radius 3 is 3.00 bits per heavy atom. The van der Waals surface area contributed by atoms with E-state index in [1.54, 1.807) is 10.9 Å². The Bertz CT molecular complexity index is 256. The molecule has 0 bridgehead atoms. The summed E-state index contributed by atoms with van der Waals surface area (Å²) in [5, 5.41) is 7.27. The van der Waals surface area contributed by atoms with E-state index in [0.717, 1.165) is 0 Å². The van der Waals surface area contributed by atoms with Gasteiger partial charge in [-0.25, -0.2) is 4.79 Å². The molecule has 1 rings (SSSR count). The second-order valence-corrected chi connectivity index (χ2v) is 1.95. The van der Waals surface area contributed by atoms with Gasteiger partial charge in [-0.05, 0) is 6.92 Å². The monoisotopic (exact) mass is 155 g/mol. The summed E-state index contributed by atoms with van der Waals surface area (Å²) in [5.41, 5.74) is 0.245. The number of hydrogen-bond donors (Lipinski definition) is 0. The molecule has 1 heterocycles. The fourth-order valence-electron chi connectivity index (χ4n) is 0.651. The van der Waals surface area contributed by atoms with Crippen molar-refractivity contribution in [2.24, 2.45) is 0 Å². The molecular formula is C6H9N3O2. The highest BCUT2D eigenvalue weighted by atomic mass is 16.5. The molecule has 5 heteroatoms. The van der Waals surface area contributed by atoms with Crippen LogP contribution >= 0.6 is 0 Å². The summed E-state index contributed by atoms with van der Waals surface area (Å²) in [6.45, 7) is 2.61. The van der Waals surface area contributed by atoms with Gasteiger partial charge in [0.05, 0.1) is 13.3 Å². The lowest BCUT2D eigenvalue weighted by atomic mass is 10.5. The third-order valence-electron chi connectivity index (χ3n) is 1.26. The first kappa shape index (κ1) is 7.71. The summed E-state index contributed by atoms with van der Waals surface area (Å²) in [6, 6.07) is 0. The fourth-order valence-corrected chi connectivity index (χ4v) is 0.651. The topological polar surface area (TPSA) is 57.0 Å². The summed E-state index contributed by atoms with van der Waals surface area (Å²) >= 11 is 0. The summed E-state index contributed by atoms with van der Waals surface area (Å²) in [4.78, 5) is 10.8. The van der Waals surface area contributed by atoms with Crippen molar-refractivity contribution in [1.82, 2.24) is 15.0 Å². The summed E-state index contributed by atoms with van der Waals surface area (Å²) < 4.78 is 6.00. The molecule has 1 aromatic heterocycles. The molecule has 0 amide bonds. The standard InChI is InChI=1S/C6H9N3O2/c1-3-9-4-5(7-8-9)6(10)11-2/h4H,3H2,1-2H3. The van der Waals surface area contributed by atoms with E-state index < -0.39 is 5.97 Å². The first-order chi connectivity index (χ1) is 5.27. The number of hydrogen-bond acceptors (Lipinski definition) is 4. The third kappa shape index (κ3) is 1.54. The summed E-state index contributed by atoms with van der Waals surface area (Å²) in [7, 11) is 1.31. The van der Waals surface area contributed by atoms with Crippen molar-refractivity contribution in [2.45, 2.75) is 13.5 Å². The molecule has 0 atom stereocenters. The van der Waals surface area contributed by atoms with Gasteiger partial charge < -0.3 is 4.74 Å². The summed E-state index contributed by atoms with van der Waals surface area (Å²) in [5.74, 6) is -0.454. The van der Waals surface area contributed by atoms with E-state index in [0.29, 0.717) is 6.54 Å². The van der Waals surface area contributed by atoms with Crippen molar-refractivity contribution in [3.63, 3.8) is 0 Å². The molecule has 0 saturated heterocycles. The average Bonchev–Trinajstić information content (AvgIpc) is 2.50. The van der Waals surface area contributed by atoms with Crippen molar-refractivity contribution in [2.75, 3.05) is 7.11 Å². The van der Waals surface area contributed by atoms with Crippen LogP contribution in [0.1, 0.15) is 17.4 Å². The molecule has 0 aliphatic heterocycles. The number of carbonyl (C=O) groups excluding carboxylic acids is 1. The maximum Gasteiger partial charge on any atom is 0.360 e. The predicted octanol–water partition coefficient (Wildman–Crippen LogP) is 0.0846. The number of rotatable bonds is 2. The van der Waals surface area contributed by atoms with Crippen molar-refractivity contribution in [3.05, 3.63) is 11.9 Å². The van der Waals surface area contributed by atoms with Crippen LogP contribution in [0.25, 0.3) is 0 Å². The second-order valence-electron chi connectivity index (χ2n) is 1.95. The van der Waals surface area contributed by atoms with Gasteiger partial charge in [0, 0.05) is 6.54 Å². The van der Waals surface area contributed by atoms with Crippen molar-refractivity contribution < 1.29 is 9.53 Å². The molecule has 0 saturated carbocycles. The van der Waals surface area contributed by atoms with Crippen LogP contribution in [0.4, 0.5) is 0 Å². The minimum absolute atomic E-state index is 0.245. The van der Waals surface area contributed by atoms with Crippen LogP contribution in [0, 0.1) is 0 Å². The van der Waals surface area contributed by atoms with E-state index in [4.69, 9.17) is 0 Å². The van der Waals surface area contributed by atoms with Crippen LogP contribution in [-0.4, -0.2) is 28.1 Å². The number of esters is 1. The predicted molar refractivity (Wildman–Crippen MR) is 37.0 cm³/mol. The molecule has 11 heavy (non-hydrogen) atoms. The highest BCUT2D eigenvalue weighted by Crippen LogP contribution is 1.94. The molecule has 0 unspecified atom stereocenters. The van der Waals surface area contributed by atoms with Crippen LogP contribution in [0.15, 0.2) is 6.20 Å². The molecule has 0 radical (unpaired) electrons. The Morgan fingerprint density at radius 2 is 2.55 bits per heavy atom. The zero-order chi connectivity index (χ0) is 8.27. The van der Waals surface area contributed by atoms with Crippen LogP contribution in [0.5, 0.6) is 0 Å². The number of ether oxygens (including phenoxy) is 1. The van der Waals surface area contributed by atoms with E-state index in [2.05, 4.69) is 15.0 Å². The Balaban J connectivity index is 2.80. The average molecular weight is 155 g/mol. The molecule has 0 spiro atoms. The van der Waals surface area contributed by atoms with Crippen LogP contribution in [-0.2, 0) is 11.3 Å². The summed E-state index contributed by atoms with van der Waals surface area (Å²) in [6.07, 6.45) is 1.55. The van der Waals surface area contributed by atoms with Gasteiger partial charge in [-0.1, -0.05) is 5.21 Å². The highest BCUT2D eigenvalue weighted by molar-refractivity contribution is 5.86. The molecular weight excluding hydrogens is 146 g/mol. The minimum Gasteiger partial charge on any atom is -0.464 e. The number of nitrogens with zero attached hydrogens (tertiary/aromatic N) is 3. The molecule has 60 valence electrons. The molecule has 5 nitrogen and oxygen atoms in total. The Morgan fingerprint density at radius 1 is 1.82 bits per heavy atom. The SMILES string of the molecule is CCn1cc(C(=O)OC)nn1. The highest BCUT2D eigenvalue weighted by Gasteiger charge is 2.08. The maximum atomic E-state index is 10.8. The van der Waals surface area contributed by atoms with Gasteiger partial charge in [-0.3, -0.25) is 4.68 Å². The van der Waals surface area contributed by atoms with Gasteiger partial charge in [0.1, 0.15) is 0 Å². The van der Waals surface area contributed by atoms with Crippen molar-refractivity contribution in [1.29, 1.82) is 0 Å². The van der Waals surface area contributed by atoms with Gasteiger partial charge in [0.25, 0.3) is 0 Å². The van der Waals surface area contributed by atoms with Crippen LogP contribution in [0.2, 0.25) is 0 Å². The number of carbonyl (C=O) groups is 1. The van der Waals surface area contributed by atoms with E-state index in [1.807, 2.05) is 6.92 Å². The number of aromatic nitrogens is 3. The first-order valence-electron chi connectivity index (χ1n) is 3.26. The maximum absolute atomic E-state index is 10.8. The number of aryl methyl sites for hydroxylation is 1. The Labute approximate surface area is 64.0 Å². The lowest BCUT2D eigenvalue weighted by Crippen LogP contribution is -2.01. The zero-order valence-electron chi connectivity index (χ0n) is 6.44. The lowest BCUT2D eigenvalue weighted by molar-refractivity contribution is 0.0594. The largest absolute Gasteiger partial charge is 0.464 e. The molecule has 1 aromatic rings.